The first-order valence-corrected chi connectivity index (χ1v) is 7.41. The number of carbonyl (C=O) groups excluding carboxylic acids is 2. The standard InChI is InChI=1S/C17H15F2N3O2/c18-11-4-3-5-13(8-11)22-10-12(9-16(22)23)20-17(24)21-15-7-2-1-6-14(15)19/h1-8,12H,9-10H2,(H2,20,21,24)/t12-/m1/s1. The summed E-state index contributed by atoms with van der Waals surface area (Å²) in [6.45, 7) is 0.229. The van der Waals surface area contributed by atoms with Crippen molar-refractivity contribution in [1.29, 1.82) is 0 Å². The molecule has 124 valence electrons. The summed E-state index contributed by atoms with van der Waals surface area (Å²) in [5, 5.41) is 5.03. The van der Waals surface area contributed by atoms with E-state index in [1.807, 2.05) is 0 Å². The number of carbonyl (C=O) groups is 2. The highest BCUT2D eigenvalue weighted by Crippen LogP contribution is 2.22. The topological polar surface area (TPSA) is 61.4 Å². The van der Waals surface area contributed by atoms with Crippen molar-refractivity contribution in [1.82, 2.24) is 5.32 Å². The van der Waals surface area contributed by atoms with E-state index in [9.17, 15) is 18.4 Å². The summed E-state index contributed by atoms with van der Waals surface area (Å²) in [5.41, 5.74) is 0.500. The van der Waals surface area contributed by atoms with Crippen LogP contribution in [0.1, 0.15) is 6.42 Å². The van der Waals surface area contributed by atoms with Crippen LogP contribution < -0.4 is 15.5 Å². The average molecular weight is 331 g/mol. The number of hydrogen-bond acceptors (Lipinski definition) is 2. The van der Waals surface area contributed by atoms with Crippen molar-refractivity contribution in [2.75, 3.05) is 16.8 Å². The molecule has 1 aliphatic rings. The minimum atomic E-state index is -0.598. The molecule has 7 heteroatoms. The van der Waals surface area contributed by atoms with Gasteiger partial charge in [0.2, 0.25) is 5.91 Å². The maximum absolute atomic E-state index is 13.5. The lowest BCUT2D eigenvalue weighted by atomic mass is 10.2. The Morgan fingerprint density at radius 3 is 2.67 bits per heavy atom. The highest BCUT2D eigenvalue weighted by atomic mass is 19.1. The summed E-state index contributed by atoms with van der Waals surface area (Å²) < 4.78 is 26.8. The molecule has 3 rings (SSSR count). The molecule has 24 heavy (non-hydrogen) atoms. The Morgan fingerprint density at radius 1 is 1.12 bits per heavy atom. The Morgan fingerprint density at radius 2 is 1.92 bits per heavy atom. The molecule has 2 aromatic rings. The number of rotatable bonds is 3. The Kier molecular flexibility index (Phi) is 4.41. The molecule has 0 saturated carbocycles. The minimum absolute atomic E-state index is 0.0568. The molecule has 0 aromatic heterocycles. The predicted octanol–water partition coefficient (Wildman–Crippen LogP) is 2.89. The van der Waals surface area contributed by atoms with Crippen LogP contribution in [0.5, 0.6) is 0 Å². The second-order valence-corrected chi connectivity index (χ2v) is 5.46. The van der Waals surface area contributed by atoms with Gasteiger partial charge in [0.1, 0.15) is 11.6 Å². The molecule has 1 atom stereocenters. The molecule has 0 aliphatic carbocycles. The molecule has 0 spiro atoms. The summed E-state index contributed by atoms with van der Waals surface area (Å²) in [5.74, 6) is -1.19. The first kappa shape index (κ1) is 15.9. The molecule has 1 aliphatic heterocycles. The van der Waals surface area contributed by atoms with E-state index in [4.69, 9.17) is 0 Å². The minimum Gasteiger partial charge on any atom is -0.333 e. The van der Waals surface area contributed by atoms with Gasteiger partial charge in [0.05, 0.1) is 11.7 Å². The number of nitrogens with zero attached hydrogens (tertiary/aromatic N) is 1. The van der Waals surface area contributed by atoms with Crippen LogP contribution in [0.2, 0.25) is 0 Å². The number of para-hydroxylation sites is 1. The summed E-state index contributed by atoms with van der Waals surface area (Å²) in [6, 6.07) is 10.5. The van der Waals surface area contributed by atoms with E-state index in [0.29, 0.717) is 5.69 Å². The van der Waals surface area contributed by atoms with Gasteiger partial charge >= 0.3 is 6.03 Å². The van der Waals surface area contributed by atoms with E-state index in [0.717, 1.165) is 0 Å². The van der Waals surface area contributed by atoms with Crippen LogP contribution in [0.3, 0.4) is 0 Å². The van der Waals surface area contributed by atoms with E-state index in [1.54, 1.807) is 12.1 Å². The second-order valence-electron chi connectivity index (χ2n) is 5.46. The van der Waals surface area contributed by atoms with Crippen LogP contribution in [0, 0.1) is 11.6 Å². The smallest absolute Gasteiger partial charge is 0.319 e. The molecule has 1 fully saturated rings. The third-order valence-electron chi connectivity index (χ3n) is 3.70. The normalized spacial score (nSPS) is 17.0. The molecular formula is C17H15F2N3O2. The Hall–Kier alpha value is -2.96. The molecular weight excluding hydrogens is 316 g/mol. The highest BCUT2D eigenvalue weighted by molar-refractivity contribution is 5.97. The number of urea groups is 1. The molecule has 1 heterocycles. The molecule has 2 N–H and O–H groups in total. The Bertz CT molecular complexity index is 782. The fraction of sp³-hybridized carbons (Fsp3) is 0.176. The van der Waals surface area contributed by atoms with Gasteiger partial charge in [-0.2, -0.15) is 0 Å². The van der Waals surface area contributed by atoms with E-state index in [1.165, 1.54) is 41.3 Å². The van der Waals surface area contributed by atoms with Crippen molar-refractivity contribution in [3.8, 4) is 0 Å². The SMILES string of the molecule is O=C(Nc1ccccc1F)N[C@@H]1CC(=O)N(c2cccc(F)c2)C1. The van der Waals surface area contributed by atoms with Gasteiger partial charge in [-0.05, 0) is 30.3 Å². The Balaban J connectivity index is 1.62. The van der Waals surface area contributed by atoms with E-state index < -0.39 is 23.7 Å². The quantitative estimate of drug-likeness (QED) is 0.908. The van der Waals surface area contributed by atoms with Crippen molar-refractivity contribution in [2.45, 2.75) is 12.5 Å². The second kappa shape index (κ2) is 6.66. The van der Waals surface area contributed by atoms with Crippen LogP contribution in [0.4, 0.5) is 25.0 Å². The van der Waals surface area contributed by atoms with Gasteiger partial charge < -0.3 is 15.5 Å². The number of benzene rings is 2. The van der Waals surface area contributed by atoms with Gasteiger partial charge in [-0.1, -0.05) is 18.2 Å². The van der Waals surface area contributed by atoms with Crippen molar-refractivity contribution in [2.24, 2.45) is 0 Å². The zero-order valence-electron chi connectivity index (χ0n) is 12.6. The van der Waals surface area contributed by atoms with Crippen LogP contribution in [0.15, 0.2) is 48.5 Å². The number of hydrogen-bond donors (Lipinski definition) is 2. The number of amides is 3. The molecule has 1 saturated heterocycles. The maximum atomic E-state index is 13.5. The molecule has 0 bridgehead atoms. The Labute approximate surface area is 137 Å². The van der Waals surface area contributed by atoms with Gasteiger partial charge in [-0.3, -0.25) is 4.79 Å². The van der Waals surface area contributed by atoms with Crippen LogP contribution in [0.25, 0.3) is 0 Å². The summed E-state index contributed by atoms with van der Waals surface area (Å²) in [4.78, 5) is 25.4. The summed E-state index contributed by atoms with van der Waals surface area (Å²) in [7, 11) is 0. The lowest BCUT2D eigenvalue weighted by molar-refractivity contribution is -0.117. The van der Waals surface area contributed by atoms with Crippen molar-refractivity contribution < 1.29 is 18.4 Å². The van der Waals surface area contributed by atoms with Crippen molar-refractivity contribution >= 4 is 23.3 Å². The third kappa shape index (κ3) is 3.51. The monoisotopic (exact) mass is 331 g/mol. The molecule has 5 nitrogen and oxygen atoms in total. The fourth-order valence-corrected chi connectivity index (χ4v) is 2.60. The molecule has 3 amide bonds. The van der Waals surface area contributed by atoms with Gasteiger partial charge in [-0.25, -0.2) is 13.6 Å². The van der Waals surface area contributed by atoms with Crippen molar-refractivity contribution in [3.05, 3.63) is 60.2 Å². The van der Waals surface area contributed by atoms with Gasteiger partial charge in [-0.15, -0.1) is 0 Å². The average Bonchev–Trinajstić information content (AvgIpc) is 2.90. The van der Waals surface area contributed by atoms with E-state index in [-0.39, 0.29) is 24.6 Å². The number of halogens is 2. The van der Waals surface area contributed by atoms with Gasteiger partial charge in [0.25, 0.3) is 0 Å². The van der Waals surface area contributed by atoms with Crippen LogP contribution in [-0.2, 0) is 4.79 Å². The van der Waals surface area contributed by atoms with E-state index >= 15 is 0 Å². The number of nitrogens with one attached hydrogen (secondary N) is 2. The van der Waals surface area contributed by atoms with Crippen LogP contribution >= 0.6 is 0 Å². The zero-order valence-corrected chi connectivity index (χ0v) is 12.6. The fourth-order valence-electron chi connectivity index (χ4n) is 2.60. The lowest BCUT2D eigenvalue weighted by Gasteiger charge is -2.17. The molecule has 2 aromatic carbocycles. The molecule has 0 radical (unpaired) electrons. The van der Waals surface area contributed by atoms with E-state index in [2.05, 4.69) is 10.6 Å². The maximum Gasteiger partial charge on any atom is 0.319 e. The zero-order chi connectivity index (χ0) is 17.1. The summed E-state index contributed by atoms with van der Waals surface area (Å²) in [6.07, 6.45) is 0.0984. The first-order chi connectivity index (χ1) is 11.5. The predicted molar refractivity (Wildman–Crippen MR) is 85.7 cm³/mol. The van der Waals surface area contributed by atoms with Gasteiger partial charge in [0, 0.05) is 18.7 Å². The lowest BCUT2D eigenvalue weighted by Crippen LogP contribution is -2.39. The number of anilines is 2. The highest BCUT2D eigenvalue weighted by Gasteiger charge is 2.31. The third-order valence-corrected chi connectivity index (χ3v) is 3.70. The van der Waals surface area contributed by atoms with Crippen molar-refractivity contribution in [3.63, 3.8) is 0 Å². The van der Waals surface area contributed by atoms with Gasteiger partial charge in [0.15, 0.2) is 0 Å². The van der Waals surface area contributed by atoms with Crippen LogP contribution in [-0.4, -0.2) is 24.5 Å². The largest absolute Gasteiger partial charge is 0.333 e. The summed E-state index contributed by atoms with van der Waals surface area (Å²) >= 11 is 0. The first-order valence-electron chi connectivity index (χ1n) is 7.41. The molecule has 0 unspecified atom stereocenters.